The van der Waals surface area contributed by atoms with Gasteiger partial charge in [0.1, 0.15) is 0 Å². The minimum Gasteiger partial charge on any atom is -0.270 e. The number of halogens is 1. The third-order valence-electron chi connectivity index (χ3n) is 2.92. The summed E-state index contributed by atoms with van der Waals surface area (Å²) in [5.41, 5.74) is 1.71. The number of hydrogen-bond acceptors (Lipinski definition) is 2. The van der Waals surface area contributed by atoms with Crippen LogP contribution in [0.25, 0.3) is 0 Å². The lowest BCUT2D eigenvalue weighted by molar-refractivity contribution is -0.132. The molecule has 1 amide bonds. The van der Waals surface area contributed by atoms with Crippen molar-refractivity contribution in [2.75, 3.05) is 0 Å². The van der Waals surface area contributed by atoms with E-state index in [0.717, 1.165) is 11.3 Å². The topological polar surface area (TPSA) is 32.7 Å². The number of hydrogen-bond donors (Lipinski definition) is 0. The number of benzene rings is 1. The van der Waals surface area contributed by atoms with Gasteiger partial charge in [0.05, 0.1) is 5.71 Å². The molecule has 0 aliphatic carbocycles. The van der Waals surface area contributed by atoms with E-state index in [0.29, 0.717) is 0 Å². The van der Waals surface area contributed by atoms with Crippen molar-refractivity contribution in [3.8, 4) is 0 Å². The summed E-state index contributed by atoms with van der Waals surface area (Å²) in [4.78, 5) is 12.4. The SMILES string of the molecule is CC1=NN(C(C)C)C(=O)C1(Br)c1ccccc1. The Bertz CT molecular complexity index is 470. The van der Waals surface area contributed by atoms with Gasteiger partial charge in [-0.25, -0.2) is 5.01 Å². The second-order valence-corrected chi connectivity index (χ2v) is 5.64. The number of nitrogens with zero attached hydrogens (tertiary/aromatic N) is 2. The molecule has 3 nitrogen and oxygen atoms in total. The quantitative estimate of drug-likeness (QED) is 0.772. The lowest BCUT2D eigenvalue weighted by atomic mass is 9.94. The molecule has 0 N–H and O–H groups in total. The van der Waals surface area contributed by atoms with Crippen LogP contribution in [0, 0.1) is 0 Å². The van der Waals surface area contributed by atoms with Crippen molar-refractivity contribution >= 4 is 27.5 Å². The van der Waals surface area contributed by atoms with Crippen LogP contribution in [0.3, 0.4) is 0 Å². The summed E-state index contributed by atoms with van der Waals surface area (Å²) in [5.74, 6) is -0.0174. The predicted molar refractivity (Wildman–Crippen MR) is 72.1 cm³/mol. The highest BCUT2D eigenvalue weighted by atomic mass is 79.9. The van der Waals surface area contributed by atoms with Crippen LogP contribution in [0.2, 0.25) is 0 Å². The summed E-state index contributed by atoms with van der Waals surface area (Å²) in [7, 11) is 0. The Kier molecular flexibility index (Phi) is 3.08. The second-order valence-electron chi connectivity index (χ2n) is 4.45. The van der Waals surface area contributed by atoms with E-state index in [4.69, 9.17) is 0 Å². The smallest absolute Gasteiger partial charge is 0.270 e. The number of rotatable bonds is 2. The van der Waals surface area contributed by atoms with Gasteiger partial charge >= 0.3 is 0 Å². The number of amides is 1. The fraction of sp³-hybridized carbons (Fsp3) is 0.385. The van der Waals surface area contributed by atoms with Gasteiger partial charge < -0.3 is 0 Å². The summed E-state index contributed by atoms with van der Waals surface area (Å²) in [6.45, 7) is 5.79. The standard InChI is InChI=1S/C13H15BrN2O/c1-9(2)16-12(17)13(14,10(3)15-16)11-7-5-4-6-8-11/h4-9H,1-3H3. The molecule has 0 fully saturated rings. The molecule has 4 heteroatoms. The minimum absolute atomic E-state index is 0.0174. The third-order valence-corrected chi connectivity index (χ3v) is 4.29. The summed E-state index contributed by atoms with van der Waals surface area (Å²) in [6, 6.07) is 9.74. The Balaban J connectivity index is 2.47. The largest absolute Gasteiger partial charge is 0.270 e. The van der Waals surface area contributed by atoms with E-state index >= 15 is 0 Å². The van der Waals surface area contributed by atoms with E-state index in [-0.39, 0.29) is 11.9 Å². The predicted octanol–water partition coefficient (Wildman–Crippen LogP) is 2.90. The first-order chi connectivity index (χ1) is 7.98. The van der Waals surface area contributed by atoms with Gasteiger partial charge in [0, 0.05) is 6.04 Å². The Morgan fingerprint density at radius 1 is 1.29 bits per heavy atom. The number of alkyl halides is 1. The van der Waals surface area contributed by atoms with E-state index in [9.17, 15) is 4.79 Å². The van der Waals surface area contributed by atoms with Crippen LogP contribution in [-0.4, -0.2) is 22.7 Å². The Labute approximate surface area is 110 Å². The number of hydrazone groups is 1. The molecule has 1 unspecified atom stereocenters. The molecule has 2 rings (SSSR count). The van der Waals surface area contributed by atoms with Gasteiger partial charge in [-0.05, 0) is 26.3 Å². The van der Waals surface area contributed by atoms with E-state index in [1.165, 1.54) is 5.01 Å². The van der Waals surface area contributed by atoms with Crippen LogP contribution in [0.5, 0.6) is 0 Å². The van der Waals surface area contributed by atoms with Gasteiger partial charge in [0.15, 0.2) is 4.32 Å². The van der Waals surface area contributed by atoms with Crippen LogP contribution in [-0.2, 0) is 9.12 Å². The van der Waals surface area contributed by atoms with Crippen LogP contribution in [0.1, 0.15) is 26.3 Å². The van der Waals surface area contributed by atoms with E-state index in [1.54, 1.807) is 0 Å². The summed E-state index contributed by atoms with van der Waals surface area (Å²) in [5, 5.41) is 5.89. The normalized spacial score (nSPS) is 24.4. The van der Waals surface area contributed by atoms with Crippen molar-refractivity contribution in [2.24, 2.45) is 5.10 Å². The van der Waals surface area contributed by atoms with Crippen LogP contribution >= 0.6 is 15.9 Å². The molecule has 0 bridgehead atoms. The Hall–Kier alpha value is -1.16. The maximum atomic E-state index is 12.4. The zero-order valence-corrected chi connectivity index (χ0v) is 11.7. The first-order valence-electron chi connectivity index (χ1n) is 5.61. The van der Waals surface area contributed by atoms with Gasteiger partial charge in [-0.2, -0.15) is 5.10 Å². The number of carbonyl (C=O) groups excluding carboxylic acids is 1. The third kappa shape index (κ3) is 1.80. The highest BCUT2D eigenvalue weighted by Gasteiger charge is 2.49. The Morgan fingerprint density at radius 2 is 1.88 bits per heavy atom. The molecule has 1 aliphatic rings. The van der Waals surface area contributed by atoms with E-state index < -0.39 is 4.32 Å². The van der Waals surface area contributed by atoms with Gasteiger partial charge in [-0.15, -0.1) is 0 Å². The highest BCUT2D eigenvalue weighted by Crippen LogP contribution is 2.39. The second kappa shape index (κ2) is 4.26. The molecule has 0 spiro atoms. The molecule has 1 aliphatic heterocycles. The molecule has 0 saturated carbocycles. The molecule has 0 radical (unpaired) electrons. The van der Waals surface area contributed by atoms with Crippen molar-refractivity contribution in [3.05, 3.63) is 35.9 Å². The van der Waals surface area contributed by atoms with Crippen molar-refractivity contribution in [2.45, 2.75) is 31.1 Å². The van der Waals surface area contributed by atoms with Crippen LogP contribution in [0.15, 0.2) is 35.4 Å². The first-order valence-corrected chi connectivity index (χ1v) is 6.41. The summed E-state index contributed by atoms with van der Waals surface area (Å²) >= 11 is 3.57. The van der Waals surface area contributed by atoms with Gasteiger partial charge in [-0.1, -0.05) is 46.3 Å². The van der Waals surface area contributed by atoms with E-state index in [1.807, 2.05) is 51.1 Å². The van der Waals surface area contributed by atoms with Crippen molar-refractivity contribution in [3.63, 3.8) is 0 Å². The first kappa shape index (κ1) is 12.3. The van der Waals surface area contributed by atoms with Gasteiger partial charge in [0.25, 0.3) is 5.91 Å². The highest BCUT2D eigenvalue weighted by molar-refractivity contribution is 9.10. The molecule has 0 saturated heterocycles. The van der Waals surface area contributed by atoms with Gasteiger partial charge in [0.2, 0.25) is 0 Å². The maximum Gasteiger partial charge on any atom is 0.270 e. The lowest BCUT2D eigenvalue weighted by Gasteiger charge is -2.23. The monoisotopic (exact) mass is 294 g/mol. The molecule has 0 aromatic heterocycles. The molecule has 17 heavy (non-hydrogen) atoms. The fourth-order valence-electron chi connectivity index (χ4n) is 1.94. The maximum absolute atomic E-state index is 12.4. The average molecular weight is 295 g/mol. The number of carbonyl (C=O) groups is 1. The van der Waals surface area contributed by atoms with Gasteiger partial charge in [-0.3, -0.25) is 4.79 Å². The molecule has 1 atom stereocenters. The molecular weight excluding hydrogens is 280 g/mol. The summed E-state index contributed by atoms with van der Waals surface area (Å²) in [6.07, 6.45) is 0. The molecule has 1 heterocycles. The molecular formula is C13H15BrN2O. The average Bonchev–Trinajstić information content (AvgIpc) is 2.56. The molecule has 90 valence electrons. The lowest BCUT2D eigenvalue weighted by Crippen LogP contribution is -2.40. The fourth-order valence-corrected chi connectivity index (χ4v) is 2.46. The zero-order chi connectivity index (χ0) is 12.6. The van der Waals surface area contributed by atoms with Crippen molar-refractivity contribution in [1.29, 1.82) is 0 Å². The minimum atomic E-state index is -0.793. The van der Waals surface area contributed by atoms with Crippen molar-refractivity contribution in [1.82, 2.24) is 5.01 Å². The zero-order valence-electron chi connectivity index (χ0n) is 10.1. The van der Waals surface area contributed by atoms with E-state index in [2.05, 4.69) is 21.0 Å². The van der Waals surface area contributed by atoms with Crippen LogP contribution < -0.4 is 0 Å². The molecule has 1 aromatic carbocycles. The summed E-state index contributed by atoms with van der Waals surface area (Å²) < 4.78 is -0.793. The van der Waals surface area contributed by atoms with Crippen molar-refractivity contribution < 1.29 is 4.79 Å². The Morgan fingerprint density at radius 3 is 2.35 bits per heavy atom. The van der Waals surface area contributed by atoms with Crippen LogP contribution in [0.4, 0.5) is 0 Å². The molecule has 1 aromatic rings.